The number of hydrogen-bond donors (Lipinski definition) is 0. The molecule has 0 aliphatic heterocycles. The van der Waals surface area contributed by atoms with Gasteiger partial charge in [-0.15, -0.1) is 18.2 Å². The summed E-state index contributed by atoms with van der Waals surface area (Å²) < 4.78 is 7.77. The number of hydrogen-bond acceptors (Lipinski definition) is 3. The molecular formula is C40H36GeIrN2O-2. The van der Waals surface area contributed by atoms with Crippen molar-refractivity contribution < 1.29 is 24.5 Å². The predicted octanol–water partition coefficient (Wildman–Crippen LogP) is 10.1. The number of fused-ring (bicyclic) bond motifs is 3. The van der Waals surface area contributed by atoms with Crippen LogP contribution in [0.25, 0.3) is 55.6 Å². The molecule has 4 aromatic carbocycles. The zero-order valence-electron chi connectivity index (χ0n) is 26.5. The Morgan fingerprint density at radius 3 is 2.11 bits per heavy atom. The molecular weight excluding hydrogens is 789 g/mol. The first-order valence-electron chi connectivity index (χ1n) is 15.0. The Morgan fingerprint density at radius 2 is 1.44 bits per heavy atom. The van der Waals surface area contributed by atoms with E-state index in [0.29, 0.717) is 0 Å². The average molecular weight is 826 g/mol. The van der Waals surface area contributed by atoms with Crippen LogP contribution in [0.2, 0.25) is 17.3 Å². The van der Waals surface area contributed by atoms with Crippen LogP contribution in [0.15, 0.2) is 114 Å². The molecule has 0 fully saturated rings. The van der Waals surface area contributed by atoms with Crippen LogP contribution >= 0.6 is 0 Å². The molecule has 0 N–H and O–H groups in total. The topological polar surface area (TPSA) is 38.9 Å². The summed E-state index contributed by atoms with van der Waals surface area (Å²) in [7, 11) is 0. The fourth-order valence-electron chi connectivity index (χ4n) is 5.48. The van der Waals surface area contributed by atoms with Gasteiger partial charge >= 0.3 is 99.8 Å². The molecule has 7 aromatic rings. The fraction of sp³-hybridized carbons (Fsp3) is 0.150. The zero-order valence-corrected chi connectivity index (χ0v) is 31.0. The largest absolute Gasteiger partial charge is 0 e. The van der Waals surface area contributed by atoms with Crippen LogP contribution in [0.3, 0.4) is 0 Å². The number of benzene rings is 4. The van der Waals surface area contributed by atoms with E-state index in [1.165, 1.54) is 26.6 Å². The third kappa shape index (κ3) is 7.36. The molecule has 227 valence electrons. The van der Waals surface area contributed by atoms with Crippen molar-refractivity contribution >= 4 is 39.6 Å². The van der Waals surface area contributed by atoms with Crippen molar-refractivity contribution in [3.8, 4) is 33.6 Å². The van der Waals surface area contributed by atoms with Crippen molar-refractivity contribution in [3.63, 3.8) is 0 Å². The van der Waals surface area contributed by atoms with Crippen LogP contribution in [0.5, 0.6) is 0 Å². The van der Waals surface area contributed by atoms with E-state index in [4.69, 9.17) is 4.42 Å². The van der Waals surface area contributed by atoms with Gasteiger partial charge in [-0.1, -0.05) is 64.0 Å². The van der Waals surface area contributed by atoms with Gasteiger partial charge < -0.3 is 9.40 Å². The summed E-state index contributed by atoms with van der Waals surface area (Å²) in [6, 6.07) is 40.0. The van der Waals surface area contributed by atoms with Gasteiger partial charge in [0, 0.05) is 31.7 Å². The molecule has 0 saturated carbocycles. The Hall–Kier alpha value is -3.83. The summed E-state index contributed by atoms with van der Waals surface area (Å²) >= 11 is -1.72. The fourth-order valence-corrected chi connectivity index (χ4v) is 7.65. The van der Waals surface area contributed by atoms with Gasteiger partial charge in [-0.3, -0.25) is 0 Å². The van der Waals surface area contributed by atoms with Crippen LogP contribution < -0.4 is 4.40 Å². The minimum Gasteiger partial charge on any atom is 0 e. The molecule has 0 spiro atoms. The van der Waals surface area contributed by atoms with E-state index in [2.05, 4.69) is 121 Å². The van der Waals surface area contributed by atoms with Crippen molar-refractivity contribution in [2.24, 2.45) is 0 Å². The summed E-state index contributed by atoms with van der Waals surface area (Å²) in [5, 5.41) is 2.21. The first kappa shape index (κ1) is 32.6. The molecule has 7 rings (SSSR count). The van der Waals surface area contributed by atoms with Crippen molar-refractivity contribution in [1.29, 1.82) is 0 Å². The van der Waals surface area contributed by atoms with E-state index in [1.54, 1.807) is 0 Å². The number of pyridine rings is 2. The van der Waals surface area contributed by atoms with Crippen molar-refractivity contribution in [2.45, 2.75) is 38.0 Å². The maximum atomic E-state index is 6.33. The maximum absolute atomic E-state index is 6.33. The van der Waals surface area contributed by atoms with Gasteiger partial charge in [-0.25, -0.2) is 0 Å². The normalized spacial score (nSPS) is 11.2. The van der Waals surface area contributed by atoms with Crippen LogP contribution in [-0.2, 0) is 20.1 Å². The SMILES string of the molecule is Cc1cc(C)cc(-c2ccc3c(c2)oc2c(-c4cc(C)ccn4)[c-]ccc23)c1.[CH3][Ge]([CH3])([CH3])[c]1ccc(-c2[c-]cccc2)nc1.[Ir]. The monoisotopic (exact) mass is 827 g/mol. The quantitative estimate of drug-likeness (QED) is 0.131. The molecule has 0 bridgehead atoms. The molecule has 5 heteroatoms. The minimum absolute atomic E-state index is 0. The van der Waals surface area contributed by atoms with E-state index in [0.717, 1.165) is 50.0 Å². The van der Waals surface area contributed by atoms with E-state index in [1.807, 2.05) is 48.8 Å². The van der Waals surface area contributed by atoms with Gasteiger partial charge in [0.25, 0.3) is 0 Å². The standard InChI is InChI=1S/C26H20NO.C14H16GeN.Ir/c1-16-9-10-27-24(14-16)23-6-4-5-22-21-8-7-19(15-25(21)28-26(22)23)20-12-17(2)11-18(3)13-20;1-15(2,3)13-9-10-14(16-11-13)12-7-5-4-6-8-12;/h4-5,7-15H,1-3H3;4-7,9-11H,1-3H3;/q2*-1;. The van der Waals surface area contributed by atoms with Crippen molar-refractivity contribution in [1.82, 2.24) is 9.97 Å². The van der Waals surface area contributed by atoms with E-state index < -0.39 is 13.3 Å². The molecule has 0 atom stereocenters. The summed E-state index contributed by atoms with van der Waals surface area (Å²) in [5.41, 5.74) is 11.7. The predicted molar refractivity (Wildman–Crippen MR) is 187 cm³/mol. The molecule has 3 heterocycles. The van der Waals surface area contributed by atoms with E-state index in [9.17, 15) is 0 Å². The molecule has 0 aliphatic rings. The first-order chi connectivity index (χ1) is 21.2. The number of nitrogens with zero attached hydrogens (tertiary/aromatic N) is 2. The van der Waals surface area contributed by atoms with Gasteiger partial charge in [0.1, 0.15) is 5.58 Å². The zero-order chi connectivity index (χ0) is 30.8. The van der Waals surface area contributed by atoms with Gasteiger partial charge in [-0.05, 0) is 49.7 Å². The third-order valence-corrected chi connectivity index (χ3v) is 12.0. The number of aromatic nitrogens is 2. The Kier molecular flexibility index (Phi) is 9.89. The Balaban J connectivity index is 0.000000202. The number of aryl methyl sites for hydroxylation is 3. The second-order valence-corrected chi connectivity index (χ2v) is 23.1. The molecule has 0 saturated heterocycles. The van der Waals surface area contributed by atoms with Crippen LogP contribution in [-0.4, -0.2) is 23.2 Å². The first-order valence-corrected chi connectivity index (χ1v) is 22.3. The summed E-state index contributed by atoms with van der Waals surface area (Å²) in [4.78, 5) is 9.05. The summed E-state index contributed by atoms with van der Waals surface area (Å²) in [6.45, 7) is 6.33. The van der Waals surface area contributed by atoms with Crippen LogP contribution in [0.4, 0.5) is 0 Å². The molecule has 3 nitrogen and oxygen atoms in total. The Bertz CT molecular complexity index is 2060. The van der Waals surface area contributed by atoms with E-state index in [-0.39, 0.29) is 20.1 Å². The van der Waals surface area contributed by atoms with Crippen LogP contribution in [0.1, 0.15) is 16.7 Å². The summed E-state index contributed by atoms with van der Waals surface area (Å²) in [5.74, 6) is 7.14. The number of rotatable bonds is 4. The molecule has 0 amide bonds. The van der Waals surface area contributed by atoms with Crippen molar-refractivity contribution in [3.05, 3.63) is 138 Å². The number of furan rings is 1. The Morgan fingerprint density at radius 1 is 0.644 bits per heavy atom. The molecule has 3 aromatic heterocycles. The van der Waals surface area contributed by atoms with Gasteiger partial charge in [0.05, 0.1) is 5.58 Å². The second-order valence-electron chi connectivity index (χ2n) is 12.5. The molecule has 0 unspecified atom stereocenters. The summed E-state index contributed by atoms with van der Waals surface area (Å²) in [6.07, 6.45) is 3.87. The molecule has 1 radical (unpaired) electrons. The van der Waals surface area contributed by atoms with Crippen LogP contribution in [0, 0.1) is 32.9 Å². The second kappa shape index (κ2) is 13.7. The molecule has 0 aliphatic carbocycles. The van der Waals surface area contributed by atoms with Crippen molar-refractivity contribution in [2.75, 3.05) is 0 Å². The minimum atomic E-state index is -1.72. The molecule has 45 heavy (non-hydrogen) atoms. The van der Waals surface area contributed by atoms with E-state index >= 15 is 0 Å². The van der Waals surface area contributed by atoms with Gasteiger partial charge in [0.2, 0.25) is 0 Å². The smallest absolute Gasteiger partial charge is 0 e. The maximum Gasteiger partial charge on any atom is 0 e. The third-order valence-electron chi connectivity index (χ3n) is 7.77. The average Bonchev–Trinajstić information content (AvgIpc) is 3.39. The Labute approximate surface area is 282 Å². The van der Waals surface area contributed by atoms with Gasteiger partial charge in [0.15, 0.2) is 0 Å². The van der Waals surface area contributed by atoms with Gasteiger partial charge in [-0.2, -0.15) is 0 Å².